The Labute approximate surface area is 121 Å². The van der Waals surface area contributed by atoms with Crippen LogP contribution in [0, 0.1) is 5.92 Å². The normalized spacial score (nSPS) is 14.3. The zero-order chi connectivity index (χ0) is 14.5. The van der Waals surface area contributed by atoms with Gasteiger partial charge in [-0.05, 0) is 48.9 Å². The lowest BCUT2D eigenvalue weighted by Crippen LogP contribution is -2.34. The van der Waals surface area contributed by atoms with E-state index < -0.39 is 0 Å². The molecule has 0 fully saturated rings. The second-order valence-corrected chi connectivity index (χ2v) is 5.82. The molecule has 1 aliphatic rings. The maximum atomic E-state index is 12.0. The number of amides is 1. The van der Waals surface area contributed by atoms with Gasteiger partial charge in [0, 0.05) is 18.7 Å². The van der Waals surface area contributed by atoms with Crippen LogP contribution in [0.1, 0.15) is 45.6 Å². The number of benzene rings is 1. The van der Waals surface area contributed by atoms with Gasteiger partial charge >= 0.3 is 0 Å². The quantitative estimate of drug-likeness (QED) is 0.818. The minimum absolute atomic E-state index is 0.208. The molecule has 110 valence electrons. The highest BCUT2D eigenvalue weighted by Gasteiger charge is 2.21. The molecular weight excluding hydrogens is 250 g/mol. The number of carbonyl (C=O) groups is 1. The predicted molar refractivity (Wildman–Crippen MR) is 82.4 cm³/mol. The average Bonchev–Trinajstić information content (AvgIpc) is 2.45. The van der Waals surface area contributed by atoms with Gasteiger partial charge in [0.1, 0.15) is 5.75 Å². The maximum Gasteiger partial charge on any atom is 0.226 e. The Morgan fingerprint density at radius 3 is 2.90 bits per heavy atom. The molecule has 1 aliphatic heterocycles. The molecule has 0 saturated carbocycles. The number of ether oxygens (including phenoxy) is 1. The van der Waals surface area contributed by atoms with Crippen LogP contribution >= 0.6 is 0 Å². The van der Waals surface area contributed by atoms with Crippen LogP contribution in [0.4, 0.5) is 5.69 Å². The van der Waals surface area contributed by atoms with E-state index in [1.807, 2.05) is 24.0 Å². The van der Waals surface area contributed by atoms with Crippen LogP contribution in [0.3, 0.4) is 0 Å². The maximum absolute atomic E-state index is 12.0. The first-order valence-electron chi connectivity index (χ1n) is 7.68. The summed E-state index contributed by atoms with van der Waals surface area (Å²) in [6.07, 6.45) is 3.70. The summed E-state index contributed by atoms with van der Waals surface area (Å²) < 4.78 is 5.80. The monoisotopic (exact) mass is 275 g/mol. The summed E-state index contributed by atoms with van der Waals surface area (Å²) in [4.78, 5) is 13.9. The Balaban J connectivity index is 2.09. The summed E-state index contributed by atoms with van der Waals surface area (Å²) in [5, 5.41) is 0. The topological polar surface area (TPSA) is 29.5 Å². The van der Waals surface area contributed by atoms with E-state index in [0.717, 1.165) is 43.9 Å². The zero-order valence-electron chi connectivity index (χ0n) is 12.8. The van der Waals surface area contributed by atoms with Gasteiger partial charge in [0.25, 0.3) is 0 Å². The van der Waals surface area contributed by atoms with Crippen molar-refractivity contribution in [3.8, 4) is 5.75 Å². The van der Waals surface area contributed by atoms with Gasteiger partial charge in [-0.15, -0.1) is 0 Å². The van der Waals surface area contributed by atoms with Crippen LogP contribution in [0.2, 0.25) is 0 Å². The molecule has 0 aliphatic carbocycles. The highest BCUT2D eigenvalue weighted by atomic mass is 16.5. The number of hydrogen-bond donors (Lipinski definition) is 0. The van der Waals surface area contributed by atoms with Gasteiger partial charge in [-0.25, -0.2) is 0 Å². The molecule has 0 unspecified atom stereocenters. The van der Waals surface area contributed by atoms with Crippen LogP contribution in [0.15, 0.2) is 18.2 Å². The first-order chi connectivity index (χ1) is 9.61. The number of fused-ring (bicyclic) bond motifs is 1. The molecule has 0 saturated heterocycles. The van der Waals surface area contributed by atoms with Crippen molar-refractivity contribution in [2.24, 2.45) is 5.92 Å². The molecule has 20 heavy (non-hydrogen) atoms. The second-order valence-electron chi connectivity index (χ2n) is 5.82. The number of carbonyl (C=O) groups excluding carboxylic acids is 1. The predicted octanol–water partition coefficient (Wildman–Crippen LogP) is 3.80. The zero-order valence-corrected chi connectivity index (χ0v) is 12.8. The third-order valence-electron chi connectivity index (χ3n) is 3.74. The van der Waals surface area contributed by atoms with Gasteiger partial charge in [0.15, 0.2) is 0 Å². The van der Waals surface area contributed by atoms with Crippen LogP contribution in [0.5, 0.6) is 5.75 Å². The minimum Gasteiger partial charge on any atom is -0.494 e. The van der Waals surface area contributed by atoms with Crippen molar-refractivity contribution in [1.29, 1.82) is 0 Å². The van der Waals surface area contributed by atoms with E-state index in [0.29, 0.717) is 12.3 Å². The van der Waals surface area contributed by atoms with Crippen LogP contribution in [0.25, 0.3) is 0 Å². The van der Waals surface area contributed by atoms with Crippen molar-refractivity contribution < 1.29 is 9.53 Å². The fourth-order valence-corrected chi connectivity index (χ4v) is 2.53. The number of rotatable bonds is 5. The Hall–Kier alpha value is -1.51. The van der Waals surface area contributed by atoms with Crippen LogP contribution in [-0.2, 0) is 11.2 Å². The van der Waals surface area contributed by atoms with Gasteiger partial charge in [-0.3, -0.25) is 4.79 Å². The first kappa shape index (κ1) is 14.9. The number of aryl methyl sites for hydroxylation is 1. The molecule has 0 atom stereocenters. The standard InChI is InChI=1S/C17H25NO2/c1-4-17(19)18-10-5-6-14-12-15(7-8-16(14)18)20-11-9-13(2)3/h7-8,12-13H,4-6,9-11H2,1-3H3. The van der Waals surface area contributed by atoms with Crippen molar-refractivity contribution in [3.05, 3.63) is 23.8 Å². The summed E-state index contributed by atoms with van der Waals surface area (Å²) in [6.45, 7) is 7.91. The first-order valence-corrected chi connectivity index (χ1v) is 7.68. The fraction of sp³-hybridized carbons (Fsp3) is 0.588. The highest BCUT2D eigenvalue weighted by molar-refractivity contribution is 5.94. The largest absolute Gasteiger partial charge is 0.494 e. The third kappa shape index (κ3) is 3.53. The number of anilines is 1. The van der Waals surface area contributed by atoms with Crippen molar-refractivity contribution in [2.45, 2.75) is 46.5 Å². The molecule has 1 aromatic carbocycles. The van der Waals surface area contributed by atoms with Crippen molar-refractivity contribution in [3.63, 3.8) is 0 Å². The van der Waals surface area contributed by atoms with Gasteiger partial charge < -0.3 is 9.64 Å². The Bertz CT molecular complexity index is 468. The summed E-state index contributed by atoms with van der Waals surface area (Å²) in [7, 11) is 0. The number of hydrogen-bond acceptors (Lipinski definition) is 2. The Morgan fingerprint density at radius 1 is 1.40 bits per heavy atom. The molecule has 0 aromatic heterocycles. The van der Waals surface area contributed by atoms with Crippen molar-refractivity contribution in [1.82, 2.24) is 0 Å². The van der Waals surface area contributed by atoms with E-state index in [4.69, 9.17) is 4.74 Å². The third-order valence-corrected chi connectivity index (χ3v) is 3.74. The van der Waals surface area contributed by atoms with E-state index in [1.165, 1.54) is 5.56 Å². The Morgan fingerprint density at radius 2 is 2.20 bits per heavy atom. The lowest BCUT2D eigenvalue weighted by molar-refractivity contribution is -0.118. The van der Waals surface area contributed by atoms with Gasteiger partial charge in [0.2, 0.25) is 5.91 Å². The molecule has 0 N–H and O–H groups in total. The molecule has 3 nitrogen and oxygen atoms in total. The van der Waals surface area contributed by atoms with Gasteiger partial charge in [-0.2, -0.15) is 0 Å². The van der Waals surface area contributed by atoms with E-state index in [1.54, 1.807) is 0 Å². The molecule has 1 amide bonds. The Kier molecular flexibility index (Phi) is 5.05. The summed E-state index contributed by atoms with van der Waals surface area (Å²) in [5.41, 5.74) is 2.31. The lowest BCUT2D eigenvalue weighted by atomic mass is 10.0. The second kappa shape index (κ2) is 6.78. The highest BCUT2D eigenvalue weighted by Crippen LogP contribution is 2.31. The van der Waals surface area contributed by atoms with Crippen LogP contribution in [-0.4, -0.2) is 19.1 Å². The lowest BCUT2D eigenvalue weighted by Gasteiger charge is -2.29. The van der Waals surface area contributed by atoms with Crippen molar-refractivity contribution in [2.75, 3.05) is 18.1 Å². The minimum atomic E-state index is 0.208. The van der Waals surface area contributed by atoms with Crippen molar-refractivity contribution >= 4 is 11.6 Å². The molecule has 3 heteroatoms. The van der Waals surface area contributed by atoms with E-state index in [2.05, 4.69) is 19.9 Å². The fourth-order valence-electron chi connectivity index (χ4n) is 2.53. The molecule has 1 heterocycles. The smallest absolute Gasteiger partial charge is 0.226 e. The summed E-state index contributed by atoms with van der Waals surface area (Å²) >= 11 is 0. The molecule has 0 spiro atoms. The average molecular weight is 275 g/mol. The van der Waals surface area contributed by atoms with Crippen LogP contribution < -0.4 is 9.64 Å². The van der Waals surface area contributed by atoms with E-state index in [9.17, 15) is 4.79 Å². The molecule has 0 radical (unpaired) electrons. The van der Waals surface area contributed by atoms with E-state index >= 15 is 0 Å². The number of nitrogens with zero attached hydrogens (tertiary/aromatic N) is 1. The molecule has 2 rings (SSSR count). The van der Waals surface area contributed by atoms with E-state index in [-0.39, 0.29) is 5.91 Å². The molecule has 0 bridgehead atoms. The molecular formula is C17H25NO2. The van der Waals surface area contributed by atoms with Gasteiger partial charge in [-0.1, -0.05) is 20.8 Å². The summed E-state index contributed by atoms with van der Waals surface area (Å²) in [6, 6.07) is 6.12. The SMILES string of the molecule is CCC(=O)N1CCCc2cc(OCCC(C)C)ccc21. The molecule has 1 aromatic rings. The summed E-state index contributed by atoms with van der Waals surface area (Å²) in [5.74, 6) is 1.79. The van der Waals surface area contributed by atoms with Gasteiger partial charge in [0.05, 0.1) is 6.61 Å².